The van der Waals surface area contributed by atoms with Crippen molar-refractivity contribution >= 4 is 50.6 Å². The van der Waals surface area contributed by atoms with Crippen LogP contribution in [0.4, 0.5) is 10.8 Å². The van der Waals surface area contributed by atoms with E-state index in [0.717, 1.165) is 35.3 Å². The van der Waals surface area contributed by atoms with Crippen LogP contribution in [-0.2, 0) is 4.79 Å². The van der Waals surface area contributed by atoms with Gasteiger partial charge in [-0.3, -0.25) is 4.79 Å². The lowest BCUT2D eigenvalue weighted by atomic mass is 10.1. The van der Waals surface area contributed by atoms with Crippen LogP contribution in [0.2, 0.25) is 0 Å². The van der Waals surface area contributed by atoms with Gasteiger partial charge in [0.2, 0.25) is 5.13 Å². The number of fused-ring (bicyclic) bond motifs is 1. The van der Waals surface area contributed by atoms with Crippen molar-refractivity contribution in [3.8, 4) is 11.3 Å². The first-order valence-corrected chi connectivity index (χ1v) is 12.4. The molecule has 5 rings (SSSR count). The van der Waals surface area contributed by atoms with Gasteiger partial charge in [0.1, 0.15) is 0 Å². The molecule has 0 saturated heterocycles. The van der Waals surface area contributed by atoms with E-state index in [4.69, 9.17) is 4.98 Å². The van der Waals surface area contributed by atoms with Gasteiger partial charge in [-0.1, -0.05) is 48.5 Å². The van der Waals surface area contributed by atoms with E-state index >= 15 is 0 Å². The van der Waals surface area contributed by atoms with Crippen molar-refractivity contribution in [1.82, 2.24) is 4.98 Å². The van der Waals surface area contributed by atoms with Crippen molar-refractivity contribution in [1.29, 1.82) is 0 Å². The van der Waals surface area contributed by atoms with Crippen molar-refractivity contribution in [3.05, 3.63) is 83.2 Å². The second-order valence-electron chi connectivity index (χ2n) is 8.20. The Kier molecular flexibility index (Phi) is 5.99. The normalized spacial score (nSPS) is 14.8. The zero-order valence-corrected chi connectivity index (χ0v) is 20.3. The summed E-state index contributed by atoms with van der Waals surface area (Å²) in [4.78, 5) is 20.2. The maximum atomic E-state index is 13.2. The van der Waals surface area contributed by atoms with Gasteiger partial charge in [0.25, 0.3) is 5.91 Å². The molecule has 6 heteroatoms. The summed E-state index contributed by atoms with van der Waals surface area (Å²) in [7, 11) is 0. The first-order valence-electron chi connectivity index (χ1n) is 11.5. The molecular formula is C28H26N4OS. The molecule has 34 heavy (non-hydrogen) atoms. The van der Waals surface area contributed by atoms with Crippen LogP contribution >= 0.6 is 11.3 Å². The minimum atomic E-state index is -0.148. The Bertz CT molecular complexity index is 1410. The summed E-state index contributed by atoms with van der Waals surface area (Å²) in [6, 6.07) is 22.8. The van der Waals surface area contributed by atoms with E-state index in [1.165, 1.54) is 27.4 Å². The molecule has 0 unspecified atom stereocenters. The number of hydrogen-bond acceptors (Lipinski definition) is 5. The summed E-state index contributed by atoms with van der Waals surface area (Å²) < 4.78 is 0. The van der Waals surface area contributed by atoms with E-state index in [1.54, 1.807) is 0 Å². The molecule has 1 aromatic heterocycles. The number of aromatic nitrogens is 1. The molecule has 3 aromatic carbocycles. The number of nitrogens with zero attached hydrogens (tertiary/aromatic N) is 4. The summed E-state index contributed by atoms with van der Waals surface area (Å²) in [6.07, 6.45) is 1.91. The highest BCUT2D eigenvalue weighted by atomic mass is 32.1. The summed E-state index contributed by atoms with van der Waals surface area (Å²) in [5.74, 6) is -0.148. The number of amides is 1. The van der Waals surface area contributed by atoms with Crippen molar-refractivity contribution < 1.29 is 4.79 Å². The molecule has 5 nitrogen and oxygen atoms in total. The van der Waals surface area contributed by atoms with Gasteiger partial charge in [-0.15, -0.1) is 11.3 Å². The van der Waals surface area contributed by atoms with Gasteiger partial charge in [0.15, 0.2) is 0 Å². The lowest BCUT2D eigenvalue weighted by Crippen LogP contribution is -2.21. The van der Waals surface area contributed by atoms with Gasteiger partial charge >= 0.3 is 0 Å². The van der Waals surface area contributed by atoms with E-state index in [9.17, 15) is 4.79 Å². The molecule has 170 valence electrons. The van der Waals surface area contributed by atoms with Crippen LogP contribution in [0.15, 0.2) is 82.8 Å². The molecular weight excluding hydrogens is 440 g/mol. The highest BCUT2D eigenvalue weighted by molar-refractivity contribution is 7.14. The number of carbonyl (C=O) groups excluding carboxylic acids is 1. The van der Waals surface area contributed by atoms with Gasteiger partial charge < -0.3 is 4.90 Å². The van der Waals surface area contributed by atoms with Gasteiger partial charge in [-0.2, -0.15) is 10.1 Å². The second-order valence-corrected chi connectivity index (χ2v) is 9.04. The number of thiazole rings is 1. The van der Waals surface area contributed by atoms with Gasteiger partial charge in [-0.05, 0) is 61.4 Å². The van der Waals surface area contributed by atoms with Gasteiger partial charge in [-0.25, -0.2) is 4.98 Å². The highest BCUT2D eigenvalue weighted by Gasteiger charge is 2.30. The predicted octanol–water partition coefficient (Wildman–Crippen LogP) is 6.62. The average molecular weight is 467 g/mol. The largest absolute Gasteiger partial charge is 0.372 e. The molecule has 0 atom stereocenters. The Balaban J connectivity index is 1.38. The lowest BCUT2D eigenvalue weighted by Gasteiger charge is -2.20. The zero-order chi connectivity index (χ0) is 23.7. The fraction of sp³-hybridized carbons (Fsp3) is 0.179. The van der Waals surface area contributed by atoms with Gasteiger partial charge in [0, 0.05) is 29.7 Å². The number of hydrazone groups is 1. The number of benzene rings is 3. The van der Waals surface area contributed by atoms with Crippen LogP contribution in [0.1, 0.15) is 26.3 Å². The number of hydrogen-bond donors (Lipinski definition) is 0. The fourth-order valence-corrected chi connectivity index (χ4v) is 4.97. The van der Waals surface area contributed by atoms with Crippen molar-refractivity contribution in [2.24, 2.45) is 5.10 Å². The molecule has 2 heterocycles. The molecule has 1 aliphatic rings. The van der Waals surface area contributed by atoms with E-state index in [2.05, 4.69) is 66.3 Å². The minimum Gasteiger partial charge on any atom is -0.372 e. The van der Waals surface area contributed by atoms with Crippen molar-refractivity contribution in [2.75, 3.05) is 23.0 Å². The van der Waals surface area contributed by atoms with E-state index in [0.29, 0.717) is 16.4 Å². The monoisotopic (exact) mass is 466 g/mol. The van der Waals surface area contributed by atoms with E-state index < -0.39 is 0 Å². The highest BCUT2D eigenvalue weighted by Crippen LogP contribution is 2.32. The zero-order valence-electron chi connectivity index (χ0n) is 19.5. The molecule has 0 radical (unpaired) electrons. The molecule has 0 aliphatic carbocycles. The van der Waals surface area contributed by atoms with Crippen LogP contribution in [0.3, 0.4) is 0 Å². The summed E-state index contributed by atoms with van der Waals surface area (Å²) >= 11 is 1.43. The van der Waals surface area contributed by atoms with E-state index in [-0.39, 0.29) is 5.91 Å². The third kappa shape index (κ3) is 4.13. The maximum absolute atomic E-state index is 13.2. The third-order valence-corrected chi connectivity index (χ3v) is 6.93. The summed E-state index contributed by atoms with van der Waals surface area (Å²) in [6.45, 7) is 8.09. The third-order valence-electron chi connectivity index (χ3n) is 6.11. The second kappa shape index (κ2) is 9.23. The molecule has 4 aromatic rings. The first-order chi connectivity index (χ1) is 16.6. The van der Waals surface area contributed by atoms with Crippen LogP contribution in [0.25, 0.3) is 28.1 Å². The van der Waals surface area contributed by atoms with Crippen LogP contribution in [0.5, 0.6) is 0 Å². The number of carbonyl (C=O) groups is 1. The summed E-state index contributed by atoms with van der Waals surface area (Å²) in [5, 5.41) is 10.8. The first kappa shape index (κ1) is 22.0. The molecule has 0 spiro atoms. The molecule has 0 N–H and O–H groups in total. The average Bonchev–Trinajstić information content (AvgIpc) is 3.46. The van der Waals surface area contributed by atoms with Crippen molar-refractivity contribution in [2.45, 2.75) is 20.8 Å². The smallest absolute Gasteiger partial charge is 0.282 e. The molecule has 0 fully saturated rings. The Labute approximate surface area is 203 Å². The van der Waals surface area contributed by atoms with Crippen LogP contribution in [-0.4, -0.2) is 29.7 Å². The maximum Gasteiger partial charge on any atom is 0.282 e. The quantitative estimate of drug-likeness (QED) is 0.300. The number of rotatable bonds is 6. The Hall–Kier alpha value is -3.77. The number of anilines is 2. The Morgan fingerprint density at radius 3 is 2.44 bits per heavy atom. The minimum absolute atomic E-state index is 0.148. The Morgan fingerprint density at radius 1 is 0.971 bits per heavy atom. The molecule has 0 bridgehead atoms. The van der Waals surface area contributed by atoms with Crippen LogP contribution in [0, 0.1) is 0 Å². The predicted molar refractivity (Wildman–Crippen MR) is 144 cm³/mol. The topological polar surface area (TPSA) is 48.8 Å². The molecule has 1 aliphatic heterocycles. The fourth-order valence-electron chi connectivity index (χ4n) is 4.19. The SMILES string of the molecule is CCN(CC)c1ccc(/C=C2/C(=O)N(c3nc(-c4ccc5ccccc5c4)cs3)N=C2C)cc1. The van der Waals surface area contributed by atoms with Crippen LogP contribution < -0.4 is 9.91 Å². The molecule has 0 saturated carbocycles. The summed E-state index contributed by atoms with van der Waals surface area (Å²) in [5.41, 5.74) is 5.32. The van der Waals surface area contributed by atoms with Crippen molar-refractivity contribution in [3.63, 3.8) is 0 Å². The molecule has 1 amide bonds. The van der Waals surface area contributed by atoms with E-state index in [1.807, 2.05) is 42.6 Å². The van der Waals surface area contributed by atoms with Gasteiger partial charge in [0.05, 0.1) is 17.0 Å². The standard InChI is InChI=1S/C28H26N4OS/c1-4-31(5-2)24-14-10-20(11-15-24)16-25-19(3)30-32(27(25)33)28-29-26(18-34-28)23-13-12-21-8-6-7-9-22(21)17-23/h6-18H,4-5H2,1-3H3/b25-16+. The Morgan fingerprint density at radius 2 is 1.71 bits per heavy atom. The lowest BCUT2D eigenvalue weighted by molar-refractivity contribution is -0.114.